The van der Waals surface area contributed by atoms with Crippen LogP contribution in [0.3, 0.4) is 0 Å². The van der Waals surface area contributed by atoms with Crippen molar-refractivity contribution < 1.29 is 96.1 Å². The van der Waals surface area contributed by atoms with Gasteiger partial charge in [-0.2, -0.15) is 0 Å². The van der Waals surface area contributed by atoms with E-state index in [1.165, 1.54) is 20.8 Å². The second-order valence-electron chi connectivity index (χ2n) is 10.5. The first-order chi connectivity index (χ1) is 21.8. The minimum absolute atomic E-state index is 0.202. The van der Waals surface area contributed by atoms with Crippen molar-refractivity contribution in [1.82, 2.24) is 0 Å². The monoisotopic (exact) mass is 822 g/mol. The molecule has 48 heavy (non-hydrogen) atoms. The first-order valence-electron chi connectivity index (χ1n) is 14.4. The zero-order chi connectivity index (χ0) is 37.2. The highest BCUT2D eigenvalue weighted by Gasteiger charge is 2.59. The fourth-order valence-corrected chi connectivity index (χ4v) is 8.66. The number of sulfone groups is 3. The zero-order valence-electron chi connectivity index (χ0n) is 26.3. The molecule has 1 aliphatic rings. The summed E-state index contributed by atoms with van der Waals surface area (Å²) in [5.41, 5.74) is 0. The van der Waals surface area contributed by atoms with Gasteiger partial charge in [0.05, 0.1) is 17.3 Å². The highest BCUT2D eigenvalue weighted by molar-refractivity contribution is 7.91. The molecule has 0 saturated heterocycles. The summed E-state index contributed by atoms with van der Waals surface area (Å²) in [6.45, 7) is 2.61. The number of ether oxygens (including phenoxy) is 3. The topological polar surface area (TPSA) is 330 Å². The van der Waals surface area contributed by atoms with E-state index in [0.29, 0.717) is 0 Å². The Labute approximate surface area is 279 Å². The minimum atomic E-state index is -5.72. The van der Waals surface area contributed by atoms with Crippen molar-refractivity contribution in [2.24, 2.45) is 0 Å². The van der Waals surface area contributed by atoms with Crippen LogP contribution in [0.25, 0.3) is 0 Å². The lowest BCUT2D eigenvalue weighted by molar-refractivity contribution is -0.247. The van der Waals surface area contributed by atoms with Gasteiger partial charge in [0.1, 0.15) is 66.1 Å². The second-order valence-corrected chi connectivity index (χ2v) is 21.5. The third-order valence-electron chi connectivity index (χ3n) is 6.77. The summed E-state index contributed by atoms with van der Waals surface area (Å²) < 4.78 is 140. The molecular formula is C21H45O21P3S3. The van der Waals surface area contributed by atoms with Gasteiger partial charge in [0.25, 0.3) is 0 Å². The molecule has 6 N–H and O–H groups in total. The Bertz CT molecular complexity index is 1390. The first-order valence-corrected chi connectivity index (χ1v) is 24.5. The van der Waals surface area contributed by atoms with Crippen LogP contribution in [0.1, 0.15) is 40.0 Å². The largest absolute Gasteiger partial charge is 0.470 e. The fraction of sp³-hybridized carbons (Fsp3) is 1.00. The minimum Gasteiger partial charge on any atom is -0.373 e. The molecule has 0 amide bonds. The van der Waals surface area contributed by atoms with Crippen LogP contribution in [0.5, 0.6) is 0 Å². The number of rotatable bonds is 24. The first kappa shape index (κ1) is 46.1. The Morgan fingerprint density at radius 1 is 0.438 bits per heavy atom. The van der Waals surface area contributed by atoms with Crippen LogP contribution in [0.15, 0.2) is 0 Å². The van der Waals surface area contributed by atoms with Crippen LogP contribution in [0, 0.1) is 0 Å². The molecule has 1 saturated carbocycles. The summed E-state index contributed by atoms with van der Waals surface area (Å²) >= 11 is 0. The Morgan fingerprint density at radius 3 is 0.854 bits per heavy atom. The highest BCUT2D eigenvalue weighted by atomic mass is 32.2. The van der Waals surface area contributed by atoms with Gasteiger partial charge in [-0.15, -0.1) is 0 Å². The van der Waals surface area contributed by atoms with Crippen molar-refractivity contribution in [1.29, 1.82) is 0 Å². The maximum absolute atomic E-state index is 12.1. The summed E-state index contributed by atoms with van der Waals surface area (Å²) in [7, 11) is -27.7. The normalized spacial score (nSPS) is 24.9. The molecule has 21 nitrogen and oxygen atoms in total. The molecule has 2 unspecified atom stereocenters. The molecule has 1 fully saturated rings. The van der Waals surface area contributed by atoms with Crippen molar-refractivity contribution in [2.75, 3.05) is 54.3 Å². The van der Waals surface area contributed by atoms with E-state index in [9.17, 15) is 68.3 Å². The van der Waals surface area contributed by atoms with Crippen LogP contribution in [-0.4, -0.2) is 146 Å². The van der Waals surface area contributed by atoms with Gasteiger partial charge in [-0.25, -0.2) is 38.9 Å². The summed E-state index contributed by atoms with van der Waals surface area (Å²) in [5.74, 6) is -1.98. The zero-order valence-corrected chi connectivity index (χ0v) is 31.5. The van der Waals surface area contributed by atoms with Crippen molar-refractivity contribution in [2.45, 2.75) is 76.7 Å². The van der Waals surface area contributed by atoms with E-state index in [1.807, 2.05) is 0 Å². The predicted octanol–water partition coefficient (Wildman–Crippen LogP) is -0.936. The van der Waals surface area contributed by atoms with E-state index in [2.05, 4.69) is 4.52 Å². The molecule has 0 heterocycles. The average Bonchev–Trinajstić information content (AvgIpc) is 2.93. The molecular weight excluding hydrogens is 777 g/mol. The lowest BCUT2D eigenvalue weighted by Gasteiger charge is -2.49. The molecule has 1 rings (SSSR count). The van der Waals surface area contributed by atoms with Crippen molar-refractivity contribution in [3.05, 3.63) is 0 Å². The van der Waals surface area contributed by atoms with Crippen LogP contribution >= 0.6 is 23.5 Å². The molecule has 0 bridgehead atoms. The van der Waals surface area contributed by atoms with Gasteiger partial charge in [-0.3, -0.25) is 13.6 Å². The summed E-state index contributed by atoms with van der Waals surface area (Å²) in [6.07, 6.45) is -13.6. The van der Waals surface area contributed by atoms with Gasteiger partial charge >= 0.3 is 23.5 Å². The molecule has 6 atom stereocenters. The Hall–Kier alpha value is 0.0600. The summed E-state index contributed by atoms with van der Waals surface area (Å²) in [6, 6.07) is 0. The van der Waals surface area contributed by atoms with Gasteiger partial charge in [0.2, 0.25) is 0 Å². The van der Waals surface area contributed by atoms with Gasteiger partial charge in [-0.05, 0) is 19.3 Å². The van der Waals surface area contributed by atoms with Crippen LogP contribution < -0.4 is 0 Å². The van der Waals surface area contributed by atoms with Gasteiger partial charge in [0.15, 0.2) is 0 Å². The van der Waals surface area contributed by atoms with E-state index >= 15 is 0 Å². The molecule has 0 radical (unpaired) electrons. The Morgan fingerprint density at radius 2 is 0.646 bits per heavy atom. The third kappa shape index (κ3) is 18.0. The molecule has 0 aliphatic heterocycles. The third-order valence-corrected chi connectivity index (χ3v) is 13.7. The van der Waals surface area contributed by atoms with E-state index in [0.717, 1.165) is 0 Å². The van der Waals surface area contributed by atoms with Crippen molar-refractivity contribution in [3.8, 4) is 0 Å². The molecule has 0 aromatic heterocycles. The molecule has 1 aliphatic carbocycles. The second kappa shape index (κ2) is 19.2. The smallest absolute Gasteiger partial charge is 0.373 e. The average molecular weight is 823 g/mol. The quantitative estimate of drug-likeness (QED) is 0.0505. The number of hydrogen-bond donors (Lipinski definition) is 6. The lowest BCUT2D eigenvalue weighted by Crippen LogP contribution is -2.67. The molecule has 288 valence electrons. The van der Waals surface area contributed by atoms with E-state index in [-0.39, 0.29) is 36.5 Å². The number of phosphoric acid groups is 3. The summed E-state index contributed by atoms with van der Waals surface area (Å²) in [5, 5.41) is 0. The van der Waals surface area contributed by atoms with E-state index in [4.69, 9.17) is 23.3 Å². The number of phosphoric ester groups is 3. The van der Waals surface area contributed by atoms with Crippen molar-refractivity contribution in [3.63, 3.8) is 0 Å². The van der Waals surface area contributed by atoms with Gasteiger partial charge in [-0.1, -0.05) is 20.8 Å². The SMILES string of the molecule is CCS(=O)(=O)CCCOC1[C@@H](OCCCS(=O)(=O)CC)[C@H](OP(=O)(O)O)C(OP(=O)(O)O)[C@@H](OP(=O)(O)O)[C@H]1OCCCS(=O)(=O)CC. The molecule has 0 spiro atoms. The maximum atomic E-state index is 12.1. The number of hydrogen-bond acceptors (Lipinski definition) is 15. The Balaban J connectivity index is 3.79. The highest BCUT2D eigenvalue weighted by Crippen LogP contribution is 2.51. The van der Waals surface area contributed by atoms with Crippen molar-refractivity contribution >= 4 is 53.0 Å². The van der Waals surface area contributed by atoms with E-state index in [1.54, 1.807) is 0 Å². The fourth-order valence-electron chi connectivity index (χ4n) is 4.45. The lowest BCUT2D eigenvalue weighted by atomic mass is 9.84. The van der Waals surface area contributed by atoms with Crippen LogP contribution in [-0.2, 0) is 71.0 Å². The molecule has 0 aromatic carbocycles. The van der Waals surface area contributed by atoms with Gasteiger partial charge < -0.3 is 43.6 Å². The van der Waals surface area contributed by atoms with Crippen LogP contribution in [0.4, 0.5) is 0 Å². The Kier molecular flexibility index (Phi) is 18.5. The summed E-state index contributed by atoms with van der Waals surface area (Å²) in [4.78, 5) is 58.1. The standard InChI is InChI=1S/C21H45O21P3S3/c1-4-46(31,32)13-7-10-37-16-17(38-11-8-14-47(33,34)5-2)19(40-43(22,23)24)21(42-45(28,29)30)20(41-44(25,26)27)18(16)39-12-9-15-48(35,36)6-3/h16-21H,4-15H2,1-3H3,(H2,22,23,24)(H2,25,26,27)(H2,28,29,30)/t16?,17-,18+,19-,20-,21?/m0/s1. The van der Waals surface area contributed by atoms with E-state index < -0.39 is 127 Å². The van der Waals surface area contributed by atoms with Crippen LogP contribution in [0.2, 0.25) is 0 Å². The van der Waals surface area contributed by atoms with Gasteiger partial charge in [0, 0.05) is 37.1 Å². The molecule has 0 aromatic rings. The molecule has 27 heteroatoms. The maximum Gasteiger partial charge on any atom is 0.470 e. The predicted molar refractivity (Wildman–Crippen MR) is 167 cm³/mol.